The van der Waals surface area contributed by atoms with Crippen LogP contribution in [0.25, 0.3) is 0 Å². The van der Waals surface area contributed by atoms with Crippen molar-refractivity contribution in [2.75, 3.05) is 50.1 Å². The number of carbonyl (C=O) groups is 3. The lowest BCUT2D eigenvalue weighted by atomic mass is 10.0. The highest BCUT2D eigenvalue weighted by atomic mass is 32.1. The first-order valence-corrected chi connectivity index (χ1v) is 21.2. The lowest BCUT2D eigenvalue weighted by Crippen LogP contribution is -2.48. The summed E-state index contributed by atoms with van der Waals surface area (Å²) in [6.07, 6.45) is 2.00. The number of ether oxygens (including phenoxy) is 2. The van der Waals surface area contributed by atoms with Gasteiger partial charge in [-0.2, -0.15) is 0 Å². The number of nitrogens with zero attached hydrogens (tertiary/aromatic N) is 3. The normalized spacial score (nSPS) is 14.7. The van der Waals surface area contributed by atoms with E-state index in [1.165, 1.54) is 0 Å². The van der Waals surface area contributed by atoms with Crippen LogP contribution in [-0.2, 0) is 14.3 Å². The molecule has 1 saturated heterocycles. The van der Waals surface area contributed by atoms with Gasteiger partial charge in [-0.15, -0.1) is 11.3 Å². The second-order valence-corrected chi connectivity index (χ2v) is 19.9. The monoisotopic (exact) mass is 678 g/mol. The van der Waals surface area contributed by atoms with E-state index in [-0.39, 0.29) is 36.6 Å². The quantitative estimate of drug-likeness (QED) is 0.167. The van der Waals surface area contributed by atoms with Gasteiger partial charge in [0.1, 0.15) is 11.9 Å². The number of para-hydroxylation sites is 3. The zero-order valence-corrected chi connectivity index (χ0v) is 30.3. The van der Waals surface area contributed by atoms with Crippen LogP contribution in [0.5, 0.6) is 5.75 Å². The SMILES string of the molecule is CCC(=O)N(c1ccccc1)C1CCN(CC(=O)Nc2ccccc2O[C@H](CCN(C)C(=O)OCC[Si](C)(C)C)c2cccs2)CC1. The van der Waals surface area contributed by atoms with E-state index in [1.807, 2.05) is 83.9 Å². The summed E-state index contributed by atoms with van der Waals surface area (Å²) in [6, 6.07) is 22.4. The molecule has 3 amide bonds. The van der Waals surface area contributed by atoms with E-state index in [1.54, 1.807) is 23.3 Å². The molecule has 3 aromatic rings. The van der Waals surface area contributed by atoms with Crippen molar-refractivity contribution in [3.8, 4) is 5.75 Å². The molecule has 0 saturated carbocycles. The maximum atomic E-state index is 13.3. The molecule has 1 aliphatic heterocycles. The fourth-order valence-electron chi connectivity index (χ4n) is 5.56. The van der Waals surface area contributed by atoms with Crippen LogP contribution in [0.2, 0.25) is 25.7 Å². The second-order valence-electron chi connectivity index (χ2n) is 13.3. The summed E-state index contributed by atoms with van der Waals surface area (Å²) in [5, 5.41) is 5.07. The summed E-state index contributed by atoms with van der Waals surface area (Å²) in [5.74, 6) is 0.585. The van der Waals surface area contributed by atoms with Gasteiger partial charge in [-0.25, -0.2) is 4.79 Å². The van der Waals surface area contributed by atoms with Crippen LogP contribution in [0.15, 0.2) is 72.1 Å². The number of hydrogen-bond acceptors (Lipinski definition) is 7. The summed E-state index contributed by atoms with van der Waals surface area (Å²) >= 11 is 1.60. The maximum Gasteiger partial charge on any atom is 0.409 e. The van der Waals surface area contributed by atoms with Gasteiger partial charge in [0.05, 0.1) is 18.8 Å². The topological polar surface area (TPSA) is 91.4 Å². The van der Waals surface area contributed by atoms with E-state index >= 15 is 0 Å². The zero-order valence-electron chi connectivity index (χ0n) is 28.4. The molecule has 9 nitrogen and oxygen atoms in total. The van der Waals surface area contributed by atoms with Crippen LogP contribution in [0, 0.1) is 0 Å². The molecule has 2 heterocycles. The summed E-state index contributed by atoms with van der Waals surface area (Å²) in [7, 11) is 0.461. The molecule has 1 aromatic heterocycles. The number of rotatable bonds is 15. The molecule has 0 aliphatic carbocycles. The molecule has 1 fully saturated rings. The van der Waals surface area contributed by atoms with Gasteiger partial charge >= 0.3 is 6.09 Å². The summed E-state index contributed by atoms with van der Waals surface area (Å²) in [5.41, 5.74) is 1.54. The van der Waals surface area contributed by atoms with Gasteiger partial charge in [-0.05, 0) is 54.6 Å². The molecule has 1 aliphatic rings. The van der Waals surface area contributed by atoms with Crippen molar-refractivity contribution >= 4 is 48.7 Å². The van der Waals surface area contributed by atoms with Gasteiger partial charge in [0.2, 0.25) is 11.8 Å². The van der Waals surface area contributed by atoms with Gasteiger partial charge in [-0.1, -0.05) is 63.0 Å². The largest absolute Gasteiger partial charge is 0.483 e. The third-order valence-corrected chi connectivity index (χ3v) is 11.0. The Kier molecular flexibility index (Phi) is 13.4. The van der Waals surface area contributed by atoms with E-state index in [0.717, 1.165) is 42.5 Å². The van der Waals surface area contributed by atoms with Crippen molar-refractivity contribution < 1.29 is 23.9 Å². The van der Waals surface area contributed by atoms with Gasteiger partial charge in [0, 0.05) is 64.2 Å². The lowest BCUT2D eigenvalue weighted by Gasteiger charge is -2.38. The van der Waals surface area contributed by atoms with Gasteiger partial charge in [-0.3, -0.25) is 14.5 Å². The molecule has 0 radical (unpaired) electrons. The Morgan fingerprint density at radius 3 is 2.36 bits per heavy atom. The Morgan fingerprint density at radius 1 is 1.00 bits per heavy atom. The molecule has 0 unspecified atom stereocenters. The molecule has 2 aromatic carbocycles. The first kappa shape index (κ1) is 36.2. The maximum absolute atomic E-state index is 13.3. The number of nitrogens with one attached hydrogen (secondary N) is 1. The van der Waals surface area contributed by atoms with Gasteiger partial charge in [0.25, 0.3) is 0 Å². The van der Waals surface area contributed by atoms with E-state index < -0.39 is 8.07 Å². The minimum Gasteiger partial charge on any atom is -0.483 e. The van der Waals surface area contributed by atoms with Crippen molar-refractivity contribution in [3.63, 3.8) is 0 Å². The van der Waals surface area contributed by atoms with Crippen LogP contribution < -0.4 is 15.0 Å². The van der Waals surface area contributed by atoms with Crippen LogP contribution in [0.3, 0.4) is 0 Å². The molecular weight excluding hydrogens is 629 g/mol. The summed E-state index contributed by atoms with van der Waals surface area (Å²) in [6.45, 7) is 11.3. The molecule has 11 heteroatoms. The highest BCUT2D eigenvalue weighted by molar-refractivity contribution is 7.10. The minimum absolute atomic E-state index is 0.110. The number of benzene rings is 2. The number of piperidine rings is 1. The van der Waals surface area contributed by atoms with E-state index in [9.17, 15) is 14.4 Å². The minimum atomic E-state index is -1.29. The fourth-order valence-corrected chi connectivity index (χ4v) is 7.07. The fraction of sp³-hybridized carbons (Fsp3) is 0.472. The number of anilines is 2. The standard InChI is InChI=1S/C36H50N4O5SSi/c1-6-35(42)40(28-13-8-7-9-14-28)29-18-22-39(23-19-29)27-34(41)37-30-15-10-11-16-31(30)45-32(33-17-12-25-46-33)20-21-38(2)36(43)44-24-26-47(3,4)5/h7-17,25,29,32H,6,18-24,26-27H2,1-5H3,(H,37,41)/t32-/m1/s1. The number of hydrogen-bond donors (Lipinski definition) is 1. The van der Waals surface area contributed by atoms with Crippen molar-refractivity contribution in [2.24, 2.45) is 0 Å². The molecular formula is C36H50N4O5SSi. The predicted molar refractivity (Wildman–Crippen MR) is 193 cm³/mol. The van der Waals surface area contributed by atoms with E-state index in [2.05, 4.69) is 29.9 Å². The summed E-state index contributed by atoms with van der Waals surface area (Å²) < 4.78 is 12.0. The van der Waals surface area contributed by atoms with Crippen molar-refractivity contribution in [2.45, 2.75) is 70.4 Å². The Labute approximate surface area is 284 Å². The Morgan fingerprint density at radius 2 is 1.70 bits per heavy atom. The number of amides is 3. The summed E-state index contributed by atoms with van der Waals surface area (Å²) in [4.78, 5) is 45.4. The number of carbonyl (C=O) groups excluding carboxylic acids is 3. The Bertz CT molecular complexity index is 1420. The molecule has 1 atom stereocenters. The molecule has 47 heavy (non-hydrogen) atoms. The number of thiophene rings is 1. The van der Waals surface area contributed by atoms with Crippen LogP contribution in [0.4, 0.5) is 16.2 Å². The zero-order chi connectivity index (χ0) is 33.8. The molecule has 254 valence electrons. The van der Waals surface area contributed by atoms with Crippen molar-refractivity contribution in [1.29, 1.82) is 0 Å². The molecule has 0 spiro atoms. The van der Waals surface area contributed by atoms with E-state index in [4.69, 9.17) is 9.47 Å². The average Bonchev–Trinajstić information content (AvgIpc) is 3.59. The third kappa shape index (κ3) is 11.2. The van der Waals surface area contributed by atoms with Crippen LogP contribution in [-0.4, -0.2) is 81.7 Å². The van der Waals surface area contributed by atoms with E-state index in [0.29, 0.717) is 37.4 Å². The number of likely N-dealkylation sites (tertiary alicyclic amines) is 1. The first-order valence-electron chi connectivity index (χ1n) is 16.6. The van der Waals surface area contributed by atoms with Gasteiger partial charge in [0.15, 0.2) is 0 Å². The highest BCUT2D eigenvalue weighted by Gasteiger charge is 2.29. The Hall–Kier alpha value is -3.67. The van der Waals surface area contributed by atoms with Gasteiger partial charge < -0.3 is 24.6 Å². The third-order valence-electron chi connectivity index (χ3n) is 8.30. The smallest absolute Gasteiger partial charge is 0.409 e. The van der Waals surface area contributed by atoms with Crippen LogP contribution in [0.1, 0.15) is 43.6 Å². The van der Waals surface area contributed by atoms with Crippen molar-refractivity contribution in [1.82, 2.24) is 9.80 Å². The average molecular weight is 679 g/mol. The second kappa shape index (κ2) is 17.5. The predicted octanol–water partition coefficient (Wildman–Crippen LogP) is 7.51. The van der Waals surface area contributed by atoms with Crippen LogP contribution >= 0.6 is 11.3 Å². The molecule has 4 rings (SSSR count). The van der Waals surface area contributed by atoms with Crippen molar-refractivity contribution in [3.05, 3.63) is 77.0 Å². The lowest BCUT2D eigenvalue weighted by molar-refractivity contribution is -0.120. The Balaban J connectivity index is 1.32. The molecule has 0 bridgehead atoms. The molecule has 1 N–H and O–H groups in total. The first-order chi connectivity index (χ1) is 22.5. The highest BCUT2D eigenvalue weighted by Crippen LogP contribution is 2.33.